The Kier molecular flexibility index (Phi) is 3.63. The van der Waals surface area contributed by atoms with Crippen molar-refractivity contribution in [1.82, 2.24) is 4.90 Å². The number of nitrogens with one attached hydrogen (secondary N) is 1. The van der Waals surface area contributed by atoms with E-state index in [2.05, 4.69) is 11.9 Å². The highest BCUT2D eigenvalue weighted by molar-refractivity contribution is 6.25. The van der Waals surface area contributed by atoms with E-state index in [0.717, 1.165) is 11.3 Å². The van der Waals surface area contributed by atoms with Crippen molar-refractivity contribution in [3.63, 3.8) is 0 Å². The highest BCUT2D eigenvalue weighted by Crippen LogP contribution is 2.21. The molecule has 15 heavy (non-hydrogen) atoms. The molecule has 1 amide bonds. The van der Waals surface area contributed by atoms with Gasteiger partial charge in [0, 0.05) is 11.3 Å². The number of carbonyl (C=O) groups excluding carboxylic acids is 1. The van der Waals surface area contributed by atoms with E-state index >= 15 is 0 Å². The second kappa shape index (κ2) is 4.75. The van der Waals surface area contributed by atoms with Crippen LogP contribution in [0.15, 0.2) is 30.8 Å². The van der Waals surface area contributed by atoms with E-state index in [-0.39, 0.29) is 5.91 Å². The van der Waals surface area contributed by atoms with E-state index in [1.807, 2.05) is 50.3 Å². The van der Waals surface area contributed by atoms with E-state index in [0.29, 0.717) is 5.57 Å². The second-order valence-corrected chi connectivity index (χ2v) is 3.85. The SMILES string of the molecule is C=C1C(=O)Nc2ccc1cc2.CN(C)C. The highest BCUT2D eigenvalue weighted by Gasteiger charge is 2.13. The molecule has 0 atom stereocenters. The van der Waals surface area contributed by atoms with E-state index < -0.39 is 0 Å². The zero-order valence-corrected chi connectivity index (χ0v) is 9.37. The average Bonchev–Trinajstić information content (AvgIpc) is 2.35. The molecule has 2 aliphatic rings. The predicted octanol–water partition coefficient (Wildman–Crippen LogP) is 1.83. The molecule has 1 aromatic rings. The Labute approximate surface area is 90.4 Å². The van der Waals surface area contributed by atoms with Gasteiger partial charge in [-0.15, -0.1) is 0 Å². The molecule has 1 aromatic carbocycles. The van der Waals surface area contributed by atoms with Gasteiger partial charge in [0.2, 0.25) is 0 Å². The first-order valence-electron chi connectivity index (χ1n) is 4.72. The first-order valence-corrected chi connectivity index (χ1v) is 4.72. The van der Waals surface area contributed by atoms with Crippen molar-refractivity contribution >= 4 is 17.2 Å². The van der Waals surface area contributed by atoms with Crippen molar-refractivity contribution in [3.8, 4) is 0 Å². The van der Waals surface area contributed by atoms with Gasteiger partial charge in [-0.1, -0.05) is 18.7 Å². The molecular weight excluding hydrogens is 188 g/mol. The van der Waals surface area contributed by atoms with Crippen molar-refractivity contribution in [2.24, 2.45) is 0 Å². The van der Waals surface area contributed by atoms with Crippen LogP contribution in [0.4, 0.5) is 5.69 Å². The molecule has 0 fully saturated rings. The number of hydrogen-bond donors (Lipinski definition) is 1. The molecular formula is C12H16N2O. The summed E-state index contributed by atoms with van der Waals surface area (Å²) in [6, 6.07) is 7.50. The topological polar surface area (TPSA) is 32.3 Å². The Morgan fingerprint density at radius 1 is 1.13 bits per heavy atom. The molecule has 0 saturated carbocycles. The standard InChI is InChI=1S/C9H7NO.C3H9N/c1-6-7-2-4-8(5-3-7)10-9(6)11;1-4(2)3/h2-5H,1H2,(H,10,11);1-3H3. The van der Waals surface area contributed by atoms with Gasteiger partial charge in [0.1, 0.15) is 0 Å². The lowest BCUT2D eigenvalue weighted by Crippen LogP contribution is -2.09. The van der Waals surface area contributed by atoms with Crippen molar-refractivity contribution in [1.29, 1.82) is 0 Å². The van der Waals surface area contributed by atoms with Gasteiger partial charge in [0.15, 0.2) is 0 Å². The number of hydrogen-bond acceptors (Lipinski definition) is 2. The van der Waals surface area contributed by atoms with Gasteiger partial charge >= 0.3 is 0 Å². The lowest BCUT2D eigenvalue weighted by atomic mass is 10.1. The van der Waals surface area contributed by atoms with E-state index in [1.165, 1.54) is 0 Å². The van der Waals surface area contributed by atoms with Crippen LogP contribution < -0.4 is 5.32 Å². The van der Waals surface area contributed by atoms with Crippen LogP contribution >= 0.6 is 0 Å². The third-order valence-electron chi connectivity index (χ3n) is 1.77. The lowest BCUT2D eigenvalue weighted by molar-refractivity contribution is -0.111. The zero-order chi connectivity index (χ0) is 11.4. The molecule has 2 aliphatic heterocycles. The van der Waals surface area contributed by atoms with Crippen molar-refractivity contribution < 1.29 is 4.79 Å². The molecule has 3 nitrogen and oxygen atoms in total. The van der Waals surface area contributed by atoms with Gasteiger partial charge in [0.25, 0.3) is 5.91 Å². The summed E-state index contributed by atoms with van der Waals surface area (Å²) in [5.74, 6) is -0.106. The maximum absolute atomic E-state index is 11.1. The largest absolute Gasteiger partial charge is 0.322 e. The molecule has 2 bridgehead atoms. The quantitative estimate of drug-likeness (QED) is 0.654. The maximum Gasteiger partial charge on any atom is 0.255 e. The van der Waals surface area contributed by atoms with Crippen LogP contribution in [0.25, 0.3) is 5.57 Å². The average molecular weight is 204 g/mol. The van der Waals surface area contributed by atoms with Gasteiger partial charge in [-0.2, -0.15) is 0 Å². The molecule has 0 spiro atoms. The Bertz CT molecular complexity index is 363. The molecule has 3 rings (SSSR count). The fourth-order valence-corrected chi connectivity index (χ4v) is 1.09. The van der Waals surface area contributed by atoms with Crippen molar-refractivity contribution in [3.05, 3.63) is 36.4 Å². The van der Waals surface area contributed by atoms with E-state index in [4.69, 9.17) is 0 Å². The Hall–Kier alpha value is -1.61. The summed E-state index contributed by atoms with van der Waals surface area (Å²) in [5.41, 5.74) is 2.26. The number of carbonyl (C=O) groups is 1. The fourth-order valence-electron chi connectivity index (χ4n) is 1.09. The minimum atomic E-state index is -0.106. The molecule has 0 radical (unpaired) electrons. The van der Waals surface area contributed by atoms with Crippen LogP contribution in [0.1, 0.15) is 5.56 Å². The number of amides is 1. The Morgan fingerprint density at radius 3 is 2.07 bits per heavy atom. The first kappa shape index (κ1) is 11.5. The van der Waals surface area contributed by atoms with Gasteiger partial charge in [0.05, 0.1) is 0 Å². The summed E-state index contributed by atoms with van der Waals surface area (Å²) in [4.78, 5) is 13.1. The summed E-state index contributed by atoms with van der Waals surface area (Å²) in [5, 5.41) is 2.70. The van der Waals surface area contributed by atoms with Crippen molar-refractivity contribution in [2.45, 2.75) is 0 Å². The highest BCUT2D eigenvalue weighted by atomic mass is 16.1. The summed E-state index contributed by atoms with van der Waals surface area (Å²) < 4.78 is 0. The molecule has 0 unspecified atom stereocenters. The van der Waals surface area contributed by atoms with Gasteiger partial charge < -0.3 is 10.2 Å². The third kappa shape index (κ3) is 3.22. The minimum Gasteiger partial charge on any atom is -0.322 e. The summed E-state index contributed by atoms with van der Waals surface area (Å²) in [7, 11) is 6.00. The normalized spacial score (nSPS) is 13.1. The maximum atomic E-state index is 11.1. The second-order valence-electron chi connectivity index (χ2n) is 3.85. The molecule has 0 saturated heterocycles. The first-order chi connectivity index (χ1) is 7.00. The van der Waals surface area contributed by atoms with Crippen LogP contribution in [0.2, 0.25) is 0 Å². The summed E-state index contributed by atoms with van der Waals surface area (Å²) >= 11 is 0. The predicted molar refractivity (Wildman–Crippen MR) is 63.7 cm³/mol. The van der Waals surface area contributed by atoms with Crippen LogP contribution in [0.3, 0.4) is 0 Å². The van der Waals surface area contributed by atoms with Crippen LogP contribution in [0, 0.1) is 0 Å². The van der Waals surface area contributed by atoms with Crippen molar-refractivity contribution in [2.75, 3.05) is 26.5 Å². The summed E-state index contributed by atoms with van der Waals surface area (Å²) in [6.45, 7) is 3.67. The molecule has 2 heterocycles. The van der Waals surface area contributed by atoms with Gasteiger partial charge in [-0.3, -0.25) is 4.79 Å². The number of anilines is 1. The number of benzene rings is 1. The number of fused-ring (bicyclic) bond motifs is 4. The molecule has 1 N–H and O–H groups in total. The van der Waals surface area contributed by atoms with Crippen LogP contribution in [-0.4, -0.2) is 32.0 Å². The van der Waals surface area contributed by atoms with E-state index in [1.54, 1.807) is 0 Å². The van der Waals surface area contributed by atoms with Gasteiger partial charge in [-0.25, -0.2) is 0 Å². The molecule has 80 valence electrons. The lowest BCUT2D eigenvalue weighted by Gasteiger charge is -1.97. The third-order valence-corrected chi connectivity index (χ3v) is 1.77. The number of nitrogens with zero attached hydrogens (tertiary/aromatic N) is 1. The van der Waals surface area contributed by atoms with Gasteiger partial charge in [-0.05, 0) is 38.8 Å². The zero-order valence-electron chi connectivity index (χ0n) is 9.37. The monoisotopic (exact) mass is 204 g/mol. The van der Waals surface area contributed by atoms with E-state index in [9.17, 15) is 4.79 Å². The fraction of sp³-hybridized carbons (Fsp3) is 0.250. The smallest absolute Gasteiger partial charge is 0.255 e. The van der Waals surface area contributed by atoms with Crippen LogP contribution in [-0.2, 0) is 4.79 Å². The van der Waals surface area contributed by atoms with Crippen LogP contribution in [0.5, 0.6) is 0 Å². The summed E-state index contributed by atoms with van der Waals surface area (Å²) in [6.07, 6.45) is 0. The Morgan fingerprint density at radius 2 is 1.60 bits per heavy atom. The molecule has 3 heteroatoms. The molecule has 0 aromatic heterocycles. The minimum absolute atomic E-state index is 0.106. The molecule has 0 aliphatic carbocycles. The Balaban J connectivity index is 0.000000245. The number of rotatable bonds is 0.